The fourth-order valence-electron chi connectivity index (χ4n) is 2.29. The molecule has 0 bridgehead atoms. The third-order valence-corrected chi connectivity index (χ3v) is 3.51. The Morgan fingerprint density at radius 2 is 1.96 bits per heavy atom. The van der Waals surface area contributed by atoms with E-state index in [1.807, 2.05) is 13.8 Å². The molecule has 0 aliphatic heterocycles. The Labute approximate surface area is 145 Å². The molecule has 2 aromatic rings. The average molecular weight is 343 g/mol. The van der Waals surface area contributed by atoms with E-state index in [9.17, 15) is 9.59 Å². The van der Waals surface area contributed by atoms with Gasteiger partial charge in [0.15, 0.2) is 17.3 Å². The normalized spacial score (nSPS) is 11.7. The second-order valence-corrected chi connectivity index (χ2v) is 5.71. The fourth-order valence-corrected chi connectivity index (χ4v) is 2.29. The molecule has 2 aromatic heterocycles. The summed E-state index contributed by atoms with van der Waals surface area (Å²) in [6.45, 7) is 5.50. The summed E-state index contributed by atoms with van der Waals surface area (Å²) in [6.07, 6.45) is 2.36. The highest BCUT2D eigenvalue weighted by molar-refractivity contribution is 5.96. The number of anilines is 3. The van der Waals surface area contributed by atoms with Crippen molar-refractivity contribution in [1.82, 2.24) is 15.0 Å². The summed E-state index contributed by atoms with van der Waals surface area (Å²) >= 11 is 0. The van der Waals surface area contributed by atoms with E-state index in [2.05, 4.69) is 20.3 Å². The molecule has 1 unspecified atom stereocenters. The van der Waals surface area contributed by atoms with Gasteiger partial charge in [-0.3, -0.25) is 14.8 Å². The summed E-state index contributed by atoms with van der Waals surface area (Å²) in [5.74, 6) is 5.76. The van der Waals surface area contributed by atoms with Gasteiger partial charge in [0.25, 0.3) is 5.91 Å². The number of hydrazine groups is 1. The summed E-state index contributed by atoms with van der Waals surface area (Å²) in [5.41, 5.74) is 7.69. The smallest absolute Gasteiger partial charge is 0.271 e. The first-order valence-electron chi connectivity index (χ1n) is 7.68. The fraction of sp³-hybridized carbons (Fsp3) is 0.312. The number of carbonyl (C=O) groups is 2. The van der Waals surface area contributed by atoms with Crippen molar-refractivity contribution in [3.8, 4) is 0 Å². The summed E-state index contributed by atoms with van der Waals surface area (Å²) in [5, 5.41) is 4.36. The topological polar surface area (TPSA) is 140 Å². The van der Waals surface area contributed by atoms with Gasteiger partial charge in [0.2, 0.25) is 0 Å². The lowest BCUT2D eigenvalue weighted by Gasteiger charge is -2.24. The van der Waals surface area contributed by atoms with Crippen LogP contribution in [-0.2, 0) is 4.79 Å². The van der Waals surface area contributed by atoms with E-state index in [-0.39, 0.29) is 24.0 Å². The van der Waals surface area contributed by atoms with E-state index in [0.717, 1.165) is 17.7 Å². The molecule has 9 nitrogen and oxygen atoms in total. The van der Waals surface area contributed by atoms with Crippen LogP contribution in [0.1, 0.15) is 35.2 Å². The number of nitrogens with two attached hydrogens (primary N) is 2. The average Bonchev–Trinajstić information content (AvgIpc) is 2.53. The second kappa shape index (κ2) is 7.67. The minimum absolute atomic E-state index is 0.00712. The second-order valence-electron chi connectivity index (χ2n) is 5.71. The van der Waals surface area contributed by atoms with Crippen molar-refractivity contribution < 1.29 is 9.59 Å². The van der Waals surface area contributed by atoms with Crippen LogP contribution >= 0.6 is 0 Å². The van der Waals surface area contributed by atoms with Crippen molar-refractivity contribution in [3.63, 3.8) is 0 Å². The van der Waals surface area contributed by atoms with Crippen LogP contribution in [-0.4, -0.2) is 33.2 Å². The number of pyridine rings is 1. The number of nitrogens with one attached hydrogen (secondary N) is 1. The molecular formula is C16H21N7O2. The van der Waals surface area contributed by atoms with Crippen molar-refractivity contribution in [2.24, 2.45) is 11.6 Å². The predicted molar refractivity (Wildman–Crippen MR) is 94.4 cm³/mol. The van der Waals surface area contributed by atoms with E-state index in [1.165, 1.54) is 11.2 Å². The zero-order valence-corrected chi connectivity index (χ0v) is 14.4. The summed E-state index contributed by atoms with van der Waals surface area (Å²) in [6, 6.07) is 3.34. The van der Waals surface area contributed by atoms with E-state index < -0.39 is 5.91 Å². The Balaban J connectivity index is 2.41. The van der Waals surface area contributed by atoms with Gasteiger partial charge >= 0.3 is 0 Å². The molecule has 132 valence electrons. The number of rotatable bonds is 7. The van der Waals surface area contributed by atoms with Crippen LogP contribution in [0.4, 0.5) is 17.3 Å². The van der Waals surface area contributed by atoms with Gasteiger partial charge in [0.05, 0.1) is 12.2 Å². The number of aldehydes is 1. The van der Waals surface area contributed by atoms with Crippen molar-refractivity contribution in [1.29, 1.82) is 0 Å². The molecule has 2 rings (SSSR count). The predicted octanol–water partition coefficient (Wildman–Crippen LogP) is 0.989. The third-order valence-electron chi connectivity index (χ3n) is 3.51. The van der Waals surface area contributed by atoms with E-state index in [0.29, 0.717) is 11.5 Å². The molecule has 0 spiro atoms. The lowest BCUT2D eigenvalue weighted by Crippen LogP contribution is -2.40. The summed E-state index contributed by atoms with van der Waals surface area (Å²) in [7, 11) is 0. The number of amides is 1. The number of hydrogen-bond acceptors (Lipinski definition) is 8. The zero-order chi connectivity index (χ0) is 18.6. The minimum atomic E-state index is -0.714. The minimum Gasteiger partial charge on any atom is -0.364 e. The van der Waals surface area contributed by atoms with Gasteiger partial charge in [-0.15, -0.1) is 0 Å². The number of nitrogens with zero attached hydrogens (tertiary/aromatic N) is 4. The molecule has 0 aliphatic carbocycles. The van der Waals surface area contributed by atoms with Crippen LogP contribution in [0.2, 0.25) is 0 Å². The first kappa shape index (κ1) is 18.3. The lowest BCUT2D eigenvalue weighted by molar-refractivity contribution is -0.108. The Hall–Kier alpha value is -3.07. The SMILES string of the molecule is Cc1cc(Nc2nc(N(N)C(C)CC=O)cnc2C(N)=O)cc(C)n1. The van der Waals surface area contributed by atoms with E-state index in [4.69, 9.17) is 11.6 Å². The molecule has 1 amide bonds. The largest absolute Gasteiger partial charge is 0.364 e. The maximum absolute atomic E-state index is 11.6. The number of aryl methyl sites for hydroxylation is 2. The number of aromatic nitrogens is 3. The Kier molecular flexibility index (Phi) is 5.60. The first-order chi connectivity index (χ1) is 11.8. The van der Waals surface area contributed by atoms with Gasteiger partial charge in [0.1, 0.15) is 6.29 Å². The molecule has 0 saturated heterocycles. The Bertz CT molecular complexity index is 774. The molecule has 2 heterocycles. The molecule has 0 aromatic carbocycles. The molecule has 0 radical (unpaired) electrons. The molecule has 0 saturated carbocycles. The van der Waals surface area contributed by atoms with Crippen LogP contribution in [0.25, 0.3) is 0 Å². The molecule has 9 heteroatoms. The van der Waals surface area contributed by atoms with Crippen LogP contribution in [0.5, 0.6) is 0 Å². The van der Waals surface area contributed by atoms with Crippen molar-refractivity contribution in [2.75, 3.05) is 10.3 Å². The third kappa shape index (κ3) is 4.48. The highest BCUT2D eigenvalue weighted by Gasteiger charge is 2.18. The number of primary amides is 1. The van der Waals surface area contributed by atoms with Gasteiger partial charge in [-0.2, -0.15) is 0 Å². The van der Waals surface area contributed by atoms with Crippen LogP contribution in [0.15, 0.2) is 18.3 Å². The Morgan fingerprint density at radius 1 is 1.32 bits per heavy atom. The first-order valence-corrected chi connectivity index (χ1v) is 7.68. The number of carbonyl (C=O) groups excluding carboxylic acids is 2. The van der Waals surface area contributed by atoms with Crippen molar-refractivity contribution in [2.45, 2.75) is 33.2 Å². The van der Waals surface area contributed by atoms with E-state index in [1.54, 1.807) is 19.1 Å². The van der Waals surface area contributed by atoms with Gasteiger partial charge in [-0.05, 0) is 32.9 Å². The van der Waals surface area contributed by atoms with E-state index >= 15 is 0 Å². The maximum Gasteiger partial charge on any atom is 0.271 e. The molecule has 0 aliphatic rings. The highest BCUT2D eigenvalue weighted by atomic mass is 16.1. The van der Waals surface area contributed by atoms with Gasteiger partial charge in [-0.1, -0.05) is 0 Å². The summed E-state index contributed by atoms with van der Waals surface area (Å²) < 4.78 is 0. The highest BCUT2D eigenvalue weighted by Crippen LogP contribution is 2.22. The molecule has 0 fully saturated rings. The van der Waals surface area contributed by atoms with Crippen molar-refractivity contribution >= 4 is 29.5 Å². The maximum atomic E-state index is 11.6. The lowest BCUT2D eigenvalue weighted by atomic mass is 10.2. The van der Waals surface area contributed by atoms with Gasteiger partial charge < -0.3 is 15.8 Å². The summed E-state index contributed by atoms with van der Waals surface area (Å²) in [4.78, 5) is 35.0. The molecular weight excluding hydrogens is 322 g/mol. The molecule has 1 atom stereocenters. The van der Waals surface area contributed by atoms with Crippen molar-refractivity contribution in [3.05, 3.63) is 35.4 Å². The molecule has 25 heavy (non-hydrogen) atoms. The van der Waals surface area contributed by atoms with Crippen LogP contribution in [0.3, 0.4) is 0 Å². The van der Waals surface area contributed by atoms with Gasteiger partial charge in [-0.25, -0.2) is 15.8 Å². The quantitative estimate of drug-likeness (QED) is 0.384. The number of hydrogen-bond donors (Lipinski definition) is 3. The zero-order valence-electron chi connectivity index (χ0n) is 14.4. The standard InChI is InChI=1S/C16H21N7O2/c1-9-6-12(7-10(2)20-9)21-16-14(15(17)25)19-8-13(22-16)23(18)11(3)4-5-24/h5-8,11H,4,18H2,1-3H3,(H2,17,25)(H,20,21,22). The van der Waals surface area contributed by atoms with Crippen LogP contribution < -0.4 is 21.9 Å². The monoisotopic (exact) mass is 343 g/mol. The van der Waals surface area contributed by atoms with Crippen LogP contribution in [0, 0.1) is 13.8 Å². The Morgan fingerprint density at radius 3 is 2.52 bits per heavy atom. The van der Waals surface area contributed by atoms with Gasteiger partial charge in [0, 0.05) is 23.5 Å². The molecule has 5 N–H and O–H groups in total.